The summed E-state index contributed by atoms with van der Waals surface area (Å²) in [7, 11) is 0. The number of carbonyl (C=O) groups is 2. The number of hydrogen-bond donors (Lipinski definition) is 3. The van der Waals surface area contributed by atoms with E-state index in [1.54, 1.807) is 20.8 Å². The molecule has 0 heterocycles. The highest BCUT2D eigenvalue weighted by Gasteiger charge is 2.29. The number of nitrogens with two attached hydrogens (primary N) is 1. The maximum absolute atomic E-state index is 10.8. The summed E-state index contributed by atoms with van der Waals surface area (Å²) in [5.74, 6) is -2.44. The molecule has 0 amide bonds. The Morgan fingerprint density at radius 2 is 1.73 bits per heavy atom. The summed E-state index contributed by atoms with van der Waals surface area (Å²) in [6.07, 6.45) is -1.45. The van der Waals surface area contributed by atoms with Gasteiger partial charge in [-0.25, -0.2) is 4.79 Å². The lowest BCUT2D eigenvalue weighted by atomic mass is 10.1. The van der Waals surface area contributed by atoms with Crippen molar-refractivity contribution in [3.05, 3.63) is 0 Å². The second-order valence-electron chi connectivity index (χ2n) is 4.24. The van der Waals surface area contributed by atoms with Crippen LogP contribution in [0.2, 0.25) is 0 Å². The van der Waals surface area contributed by atoms with Gasteiger partial charge in [0.1, 0.15) is 6.04 Å². The highest BCUT2D eigenvalue weighted by Crippen LogP contribution is 2.14. The minimum atomic E-state index is -1.24. The first-order valence-electron chi connectivity index (χ1n) is 4.52. The molecule has 0 aromatic carbocycles. The molecule has 1 unspecified atom stereocenters. The summed E-state index contributed by atoms with van der Waals surface area (Å²) in [5.41, 5.74) is 4.58. The average Bonchev–Trinajstić information content (AvgIpc) is 1.99. The minimum absolute atomic E-state index is 0.248. The highest BCUT2D eigenvalue weighted by atomic mass is 16.5. The second kappa shape index (κ2) is 5.09. The molecule has 6 nitrogen and oxygen atoms in total. The zero-order valence-corrected chi connectivity index (χ0v) is 9.06. The maximum Gasteiger partial charge on any atom is 0.332 e. The van der Waals surface area contributed by atoms with Crippen LogP contribution >= 0.6 is 0 Å². The summed E-state index contributed by atoms with van der Waals surface area (Å²) >= 11 is 0. The number of hydrogen-bond acceptors (Lipinski definition) is 4. The van der Waals surface area contributed by atoms with Gasteiger partial charge in [0.25, 0.3) is 0 Å². The molecule has 0 radical (unpaired) electrons. The molecule has 0 aromatic rings. The Kier molecular flexibility index (Phi) is 4.70. The molecule has 6 heteroatoms. The summed E-state index contributed by atoms with van der Waals surface area (Å²) in [4.78, 5) is 21.2. The molecular formula is C9H17NO5. The fraction of sp³-hybridized carbons (Fsp3) is 0.778. The van der Waals surface area contributed by atoms with Crippen LogP contribution in [0.15, 0.2) is 0 Å². The Morgan fingerprint density at radius 1 is 1.27 bits per heavy atom. The zero-order chi connectivity index (χ0) is 12.2. The van der Waals surface area contributed by atoms with E-state index < -0.39 is 29.7 Å². The first-order valence-corrected chi connectivity index (χ1v) is 4.52. The van der Waals surface area contributed by atoms with Crippen molar-refractivity contribution in [2.45, 2.75) is 44.9 Å². The van der Waals surface area contributed by atoms with Crippen LogP contribution in [-0.4, -0.2) is 39.9 Å². The van der Waals surface area contributed by atoms with E-state index in [9.17, 15) is 9.59 Å². The van der Waals surface area contributed by atoms with Gasteiger partial charge >= 0.3 is 11.9 Å². The van der Waals surface area contributed by atoms with Crippen molar-refractivity contribution >= 4 is 11.9 Å². The van der Waals surface area contributed by atoms with Gasteiger partial charge in [0.05, 0.1) is 5.60 Å². The molecule has 0 aliphatic heterocycles. The summed E-state index contributed by atoms with van der Waals surface area (Å²) in [6, 6.07) is -1.23. The monoisotopic (exact) mass is 219 g/mol. The van der Waals surface area contributed by atoms with E-state index in [1.165, 1.54) is 0 Å². The molecule has 0 aliphatic rings. The lowest BCUT2D eigenvalue weighted by molar-refractivity contribution is -0.162. The third-order valence-corrected chi connectivity index (χ3v) is 1.56. The van der Waals surface area contributed by atoms with E-state index in [-0.39, 0.29) is 6.42 Å². The first kappa shape index (κ1) is 13.9. The smallest absolute Gasteiger partial charge is 0.332 e. The van der Waals surface area contributed by atoms with Crippen molar-refractivity contribution in [3.63, 3.8) is 0 Å². The maximum atomic E-state index is 10.8. The van der Waals surface area contributed by atoms with Gasteiger partial charge in [-0.15, -0.1) is 0 Å². The highest BCUT2D eigenvalue weighted by molar-refractivity contribution is 5.76. The van der Waals surface area contributed by atoms with E-state index in [4.69, 9.17) is 20.7 Å². The fourth-order valence-corrected chi connectivity index (χ4v) is 0.958. The van der Waals surface area contributed by atoms with Crippen LogP contribution in [0, 0.1) is 0 Å². The number of ether oxygens (including phenoxy) is 1. The number of carboxylic acids is 2. The lowest BCUT2D eigenvalue weighted by Crippen LogP contribution is -2.41. The molecule has 0 saturated carbocycles. The Hall–Kier alpha value is -1.14. The van der Waals surface area contributed by atoms with Gasteiger partial charge in [-0.2, -0.15) is 0 Å². The van der Waals surface area contributed by atoms with E-state index in [1.807, 2.05) is 0 Å². The minimum Gasteiger partial charge on any atom is -0.480 e. The quantitative estimate of drug-likeness (QED) is 0.603. The van der Waals surface area contributed by atoms with Crippen molar-refractivity contribution in [2.24, 2.45) is 5.73 Å². The second-order valence-corrected chi connectivity index (χ2v) is 4.24. The van der Waals surface area contributed by atoms with Crippen molar-refractivity contribution < 1.29 is 24.5 Å². The summed E-state index contributed by atoms with van der Waals surface area (Å²) < 4.78 is 5.18. The van der Waals surface area contributed by atoms with Gasteiger partial charge in [0, 0.05) is 6.42 Å². The fourth-order valence-electron chi connectivity index (χ4n) is 0.958. The molecule has 0 saturated heterocycles. The number of carboxylic acid groups (broad SMARTS) is 2. The van der Waals surface area contributed by atoms with Crippen molar-refractivity contribution in [2.75, 3.05) is 0 Å². The lowest BCUT2D eigenvalue weighted by Gasteiger charge is -2.25. The van der Waals surface area contributed by atoms with Crippen molar-refractivity contribution in [1.29, 1.82) is 0 Å². The van der Waals surface area contributed by atoms with Crippen LogP contribution in [0.5, 0.6) is 0 Å². The predicted molar refractivity (Wildman–Crippen MR) is 52.5 cm³/mol. The van der Waals surface area contributed by atoms with Gasteiger partial charge in [-0.1, -0.05) is 0 Å². The summed E-state index contributed by atoms with van der Waals surface area (Å²) in [6.45, 7) is 5.07. The molecule has 0 rings (SSSR count). The van der Waals surface area contributed by atoms with Crippen LogP contribution < -0.4 is 5.73 Å². The van der Waals surface area contributed by atoms with Crippen LogP contribution in [-0.2, 0) is 14.3 Å². The third kappa shape index (κ3) is 6.03. The van der Waals surface area contributed by atoms with Gasteiger partial charge in [-0.05, 0) is 20.8 Å². The Labute approximate surface area is 88.0 Å². The topological polar surface area (TPSA) is 110 Å². The van der Waals surface area contributed by atoms with E-state index in [0.717, 1.165) is 0 Å². The predicted octanol–water partition coefficient (Wildman–Crippen LogP) is 0.0567. The number of rotatable bonds is 5. The van der Waals surface area contributed by atoms with Crippen molar-refractivity contribution in [3.8, 4) is 0 Å². The molecule has 0 fully saturated rings. The van der Waals surface area contributed by atoms with Gasteiger partial charge in [0.15, 0.2) is 6.10 Å². The molecule has 15 heavy (non-hydrogen) atoms. The van der Waals surface area contributed by atoms with E-state index in [2.05, 4.69) is 0 Å². The van der Waals surface area contributed by atoms with Gasteiger partial charge in [-0.3, -0.25) is 4.79 Å². The standard InChI is InChI=1S/C9H17NO5/c1-9(2,3)15-6(8(13)14)4-5(10)7(11)12/h5-6H,4,10H2,1-3H3,(H,11,12)(H,13,14)/t5-,6?/m0/s1. The third-order valence-electron chi connectivity index (χ3n) is 1.56. The largest absolute Gasteiger partial charge is 0.480 e. The normalized spacial score (nSPS) is 15.7. The van der Waals surface area contributed by atoms with Crippen LogP contribution in [0.4, 0.5) is 0 Å². The van der Waals surface area contributed by atoms with Gasteiger partial charge in [0.2, 0.25) is 0 Å². The average molecular weight is 219 g/mol. The summed E-state index contributed by atoms with van der Waals surface area (Å²) in [5, 5.41) is 17.3. The van der Waals surface area contributed by atoms with E-state index >= 15 is 0 Å². The van der Waals surface area contributed by atoms with Crippen LogP contribution in [0.25, 0.3) is 0 Å². The molecule has 0 aromatic heterocycles. The molecular weight excluding hydrogens is 202 g/mol. The molecule has 2 atom stereocenters. The van der Waals surface area contributed by atoms with Crippen LogP contribution in [0.1, 0.15) is 27.2 Å². The SMILES string of the molecule is CC(C)(C)OC(C[C@H](N)C(=O)O)C(=O)O. The molecule has 0 aliphatic carbocycles. The Morgan fingerprint density at radius 3 is 2.00 bits per heavy atom. The first-order chi connectivity index (χ1) is 6.63. The van der Waals surface area contributed by atoms with E-state index in [0.29, 0.717) is 0 Å². The Balaban J connectivity index is 4.42. The molecule has 0 bridgehead atoms. The molecule has 0 spiro atoms. The van der Waals surface area contributed by atoms with Crippen molar-refractivity contribution in [1.82, 2.24) is 0 Å². The van der Waals surface area contributed by atoms with Gasteiger partial charge < -0.3 is 20.7 Å². The number of aliphatic carboxylic acids is 2. The zero-order valence-electron chi connectivity index (χ0n) is 9.06. The molecule has 4 N–H and O–H groups in total. The Bertz CT molecular complexity index is 245. The van der Waals surface area contributed by atoms with Crippen LogP contribution in [0.3, 0.4) is 0 Å². The molecule has 88 valence electrons.